The highest BCUT2D eigenvalue weighted by Gasteiger charge is 2.28. The fraction of sp³-hybridized carbons (Fsp3) is 0.647. The summed E-state index contributed by atoms with van der Waals surface area (Å²) in [6.07, 6.45) is 3.26. The Balaban J connectivity index is 1.86. The Morgan fingerprint density at radius 2 is 2.05 bits per heavy atom. The summed E-state index contributed by atoms with van der Waals surface area (Å²) in [5.74, 6) is 0. The molecular weight excluding hydrogens is 280 g/mol. The van der Waals surface area contributed by atoms with Crippen LogP contribution in [0.5, 0.6) is 0 Å². The van der Waals surface area contributed by atoms with Gasteiger partial charge in [0.25, 0.3) is 0 Å². The van der Waals surface area contributed by atoms with Crippen LogP contribution in [0.25, 0.3) is 0 Å². The van der Waals surface area contributed by atoms with Gasteiger partial charge >= 0.3 is 0 Å². The van der Waals surface area contributed by atoms with Crippen molar-refractivity contribution in [3.63, 3.8) is 0 Å². The zero-order chi connectivity index (χ0) is 15.2. The molecule has 0 aliphatic carbocycles. The average molecular weight is 308 g/mol. The van der Waals surface area contributed by atoms with Gasteiger partial charge in [-0.05, 0) is 32.1 Å². The maximum atomic E-state index is 9.39. The van der Waals surface area contributed by atoms with Crippen molar-refractivity contribution in [1.82, 2.24) is 10.2 Å². The molecule has 1 aliphatic heterocycles. The minimum atomic E-state index is 0.242. The van der Waals surface area contributed by atoms with Gasteiger partial charge in [-0.15, -0.1) is 0 Å². The van der Waals surface area contributed by atoms with Crippen LogP contribution in [-0.4, -0.2) is 53.3 Å². The molecule has 1 heterocycles. The van der Waals surface area contributed by atoms with Gasteiger partial charge in [-0.1, -0.05) is 30.3 Å². The van der Waals surface area contributed by atoms with E-state index in [1.54, 1.807) is 11.8 Å². The molecule has 118 valence electrons. The number of hydrogen-bond acceptors (Lipinski definition) is 4. The zero-order valence-electron chi connectivity index (χ0n) is 13.3. The summed E-state index contributed by atoms with van der Waals surface area (Å²) in [5, 5.41) is 13.4. The van der Waals surface area contributed by atoms with Crippen LogP contribution < -0.4 is 5.32 Å². The Kier molecular flexibility index (Phi) is 6.55. The fourth-order valence-electron chi connectivity index (χ4n) is 3.13. The second kappa shape index (κ2) is 8.18. The number of thioether (sulfide) groups is 1. The Morgan fingerprint density at radius 3 is 2.67 bits per heavy atom. The second-order valence-corrected chi connectivity index (χ2v) is 7.06. The molecule has 0 spiro atoms. The summed E-state index contributed by atoms with van der Waals surface area (Å²) in [6, 6.07) is 12.1. The van der Waals surface area contributed by atoms with Crippen LogP contribution in [0.2, 0.25) is 0 Å². The standard InChI is InChI=1S/C17H28N2OS/c1-13(17(12-20)21-3)18-16-9-10-19(11-16)14(2)15-7-5-4-6-8-15/h4-8,13-14,16-18,20H,9-12H2,1-3H3/t13-,14-,16+,17+/m0/s1. The van der Waals surface area contributed by atoms with E-state index in [2.05, 4.69) is 60.7 Å². The monoisotopic (exact) mass is 308 g/mol. The Hall–Kier alpha value is -0.550. The predicted molar refractivity (Wildman–Crippen MR) is 91.8 cm³/mol. The smallest absolute Gasteiger partial charge is 0.0564 e. The van der Waals surface area contributed by atoms with E-state index < -0.39 is 0 Å². The molecule has 0 unspecified atom stereocenters. The lowest BCUT2D eigenvalue weighted by atomic mass is 10.1. The van der Waals surface area contributed by atoms with Crippen LogP contribution in [0.1, 0.15) is 31.9 Å². The van der Waals surface area contributed by atoms with Gasteiger partial charge < -0.3 is 10.4 Å². The first kappa shape index (κ1) is 16.8. The first-order valence-electron chi connectivity index (χ1n) is 7.84. The van der Waals surface area contributed by atoms with Crippen molar-refractivity contribution < 1.29 is 5.11 Å². The molecule has 3 nitrogen and oxygen atoms in total. The molecule has 0 amide bonds. The van der Waals surface area contributed by atoms with Gasteiger partial charge in [0.1, 0.15) is 0 Å². The highest BCUT2D eigenvalue weighted by Crippen LogP contribution is 2.25. The number of aliphatic hydroxyl groups is 1. The number of hydrogen-bond donors (Lipinski definition) is 2. The highest BCUT2D eigenvalue weighted by molar-refractivity contribution is 7.99. The molecule has 21 heavy (non-hydrogen) atoms. The van der Waals surface area contributed by atoms with Crippen molar-refractivity contribution in [2.24, 2.45) is 0 Å². The molecule has 1 saturated heterocycles. The fourth-order valence-corrected chi connectivity index (χ4v) is 3.77. The van der Waals surface area contributed by atoms with E-state index in [9.17, 15) is 5.11 Å². The first-order valence-corrected chi connectivity index (χ1v) is 9.13. The second-order valence-electron chi connectivity index (χ2n) is 5.98. The van der Waals surface area contributed by atoms with Crippen molar-refractivity contribution in [1.29, 1.82) is 0 Å². The van der Waals surface area contributed by atoms with E-state index >= 15 is 0 Å². The van der Waals surface area contributed by atoms with E-state index in [0.717, 1.165) is 13.1 Å². The predicted octanol–water partition coefficient (Wildman–Crippen LogP) is 2.52. The van der Waals surface area contributed by atoms with E-state index in [4.69, 9.17) is 0 Å². The number of rotatable bonds is 7. The molecule has 4 heteroatoms. The third-order valence-corrected chi connectivity index (χ3v) is 5.75. The zero-order valence-corrected chi connectivity index (χ0v) is 14.1. The maximum Gasteiger partial charge on any atom is 0.0564 e. The molecule has 0 radical (unpaired) electrons. The number of nitrogens with zero attached hydrogens (tertiary/aromatic N) is 1. The molecule has 2 rings (SSSR count). The van der Waals surface area contributed by atoms with Crippen molar-refractivity contribution in [2.75, 3.05) is 26.0 Å². The Bertz CT molecular complexity index is 411. The number of likely N-dealkylation sites (tertiary alicyclic amines) is 1. The maximum absolute atomic E-state index is 9.39. The van der Waals surface area contributed by atoms with Crippen molar-refractivity contribution in [2.45, 2.75) is 43.6 Å². The van der Waals surface area contributed by atoms with Crippen LogP contribution in [0, 0.1) is 0 Å². The third-order valence-electron chi connectivity index (χ3n) is 4.59. The quantitative estimate of drug-likeness (QED) is 0.811. The first-order chi connectivity index (χ1) is 10.2. The SMILES string of the molecule is CS[C@H](CO)[C@H](C)N[C@@H]1CCN([C@@H](C)c2ccccc2)C1. The van der Waals surface area contributed by atoms with Crippen LogP contribution in [0.15, 0.2) is 30.3 Å². The minimum absolute atomic E-state index is 0.242. The number of benzene rings is 1. The van der Waals surface area contributed by atoms with Gasteiger partial charge in [-0.25, -0.2) is 0 Å². The van der Waals surface area contributed by atoms with E-state index in [-0.39, 0.29) is 11.9 Å². The van der Waals surface area contributed by atoms with Gasteiger partial charge in [0.05, 0.1) is 6.61 Å². The molecule has 1 aromatic rings. The summed E-state index contributed by atoms with van der Waals surface area (Å²) in [4.78, 5) is 2.55. The summed E-state index contributed by atoms with van der Waals surface area (Å²) < 4.78 is 0. The van der Waals surface area contributed by atoms with Crippen molar-refractivity contribution >= 4 is 11.8 Å². The molecule has 1 fully saturated rings. The summed E-state index contributed by atoms with van der Waals surface area (Å²) in [6.45, 7) is 6.95. The molecule has 0 bridgehead atoms. The van der Waals surface area contributed by atoms with E-state index in [1.165, 1.54) is 12.0 Å². The van der Waals surface area contributed by atoms with Crippen molar-refractivity contribution in [3.05, 3.63) is 35.9 Å². The van der Waals surface area contributed by atoms with Gasteiger partial charge in [-0.2, -0.15) is 11.8 Å². The van der Waals surface area contributed by atoms with Crippen LogP contribution in [0.3, 0.4) is 0 Å². The Morgan fingerprint density at radius 1 is 1.33 bits per heavy atom. The highest BCUT2D eigenvalue weighted by atomic mass is 32.2. The van der Waals surface area contributed by atoms with Crippen LogP contribution >= 0.6 is 11.8 Å². The normalized spacial score (nSPS) is 23.9. The van der Waals surface area contributed by atoms with Crippen LogP contribution in [0.4, 0.5) is 0 Å². The number of aliphatic hydroxyl groups excluding tert-OH is 1. The molecule has 1 aromatic carbocycles. The molecule has 4 atom stereocenters. The molecular formula is C17H28N2OS. The summed E-state index contributed by atoms with van der Waals surface area (Å²) >= 11 is 1.74. The van der Waals surface area contributed by atoms with Gasteiger partial charge in [-0.3, -0.25) is 4.90 Å². The lowest BCUT2D eigenvalue weighted by Crippen LogP contribution is -2.44. The van der Waals surface area contributed by atoms with Crippen molar-refractivity contribution in [3.8, 4) is 0 Å². The van der Waals surface area contributed by atoms with E-state index in [1.807, 2.05) is 0 Å². The lowest BCUT2D eigenvalue weighted by molar-refractivity contribution is 0.246. The van der Waals surface area contributed by atoms with Gasteiger partial charge in [0, 0.05) is 36.5 Å². The van der Waals surface area contributed by atoms with E-state index in [0.29, 0.717) is 18.1 Å². The molecule has 1 aliphatic rings. The van der Waals surface area contributed by atoms with Gasteiger partial charge in [0.2, 0.25) is 0 Å². The number of nitrogens with one attached hydrogen (secondary N) is 1. The molecule has 0 aromatic heterocycles. The van der Waals surface area contributed by atoms with Gasteiger partial charge in [0.15, 0.2) is 0 Å². The molecule has 2 N–H and O–H groups in total. The Labute approximate surface area is 133 Å². The average Bonchev–Trinajstić information content (AvgIpc) is 2.97. The minimum Gasteiger partial charge on any atom is -0.395 e. The summed E-state index contributed by atoms with van der Waals surface area (Å²) in [5.41, 5.74) is 1.39. The lowest BCUT2D eigenvalue weighted by Gasteiger charge is -2.27. The third kappa shape index (κ3) is 4.46. The largest absolute Gasteiger partial charge is 0.395 e. The summed E-state index contributed by atoms with van der Waals surface area (Å²) in [7, 11) is 0. The molecule has 0 saturated carbocycles. The topological polar surface area (TPSA) is 35.5 Å². The van der Waals surface area contributed by atoms with Crippen LogP contribution in [-0.2, 0) is 0 Å².